The first-order chi connectivity index (χ1) is 8.79. The van der Waals surface area contributed by atoms with E-state index in [4.69, 9.17) is 9.72 Å². The van der Waals surface area contributed by atoms with E-state index in [-0.39, 0.29) is 0 Å². The van der Waals surface area contributed by atoms with Crippen LogP contribution >= 0.6 is 11.5 Å². The summed E-state index contributed by atoms with van der Waals surface area (Å²) in [6.45, 7) is 2.09. The minimum atomic E-state index is 0.807. The van der Waals surface area contributed by atoms with Crippen molar-refractivity contribution in [1.82, 2.24) is 9.36 Å². The molecule has 18 heavy (non-hydrogen) atoms. The molecule has 3 rings (SSSR count). The molecule has 0 aliphatic rings. The predicted molar refractivity (Wildman–Crippen MR) is 74.1 cm³/mol. The first-order valence-electron chi connectivity index (χ1n) is 5.65. The summed E-state index contributed by atoms with van der Waals surface area (Å²) in [5, 5.41) is 1.13. The van der Waals surface area contributed by atoms with Crippen LogP contribution in [0.3, 0.4) is 0 Å². The van der Waals surface area contributed by atoms with Crippen LogP contribution in [0.1, 0.15) is 5.56 Å². The van der Waals surface area contributed by atoms with Crippen LogP contribution in [-0.2, 0) is 0 Å². The average Bonchev–Trinajstić information content (AvgIpc) is 2.92. The van der Waals surface area contributed by atoms with Gasteiger partial charge < -0.3 is 4.74 Å². The van der Waals surface area contributed by atoms with E-state index in [1.807, 2.05) is 18.2 Å². The van der Waals surface area contributed by atoms with Crippen LogP contribution in [0.25, 0.3) is 21.5 Å². The van der Waals surface area contributed by atoms with E-state index in [9.17, 15) is 0 Å². The number of ether oxygens (including phenoxy) is 1. The second-order valence-corrected chi connectivity index (χ2v) is 4.89. The van der Waals surface area contributed by atoms with Crippen molar-refractivity contribution in [2.24, 2.45) is 0 Å². The highest BCUT2D eigenvalue weighted by Crippen LogP contribution is 2.30. The van der Waals surface area contributed by atoms with Crippen LogP contribution in [0.15, 0.2) is 36.5 Å². The monoisotopic (exact) mass is 256 g/mol. The number of hydrogen-bond acceptors (Lipinski definition) is 4. The Morgan fingerprint density at radius 1 is 1.22 bits per heavy atom. The van der Waals surface area contributed by atoms with E-state index >= 15 is 0 Å². The Kier molecular flexibility index (Phi) is 2.72. The molecule has 3 nitrogen and oxygen atoms in total. The molecule has 90 valence electrons. The number of rotatable bonds is 2. The summed E-state index contributed by atoms with van der Waals surface area (Å²) in [5.41, 5.74) is 3.05. The summed E-state index contributed by atoms with van der Waals surface area (Å²) in [4.78, 5) is 5.77. The van der Waals surface area contributed by atoms with Crippen molar-refractivity contribution in [3.05, 3.63) is 42.1 Å². The van der Waals surface area contributed by atoms with Gasteiger partial charge in [-0.3, -0.25) is 0 Å². The molecule has 1 aromatic carbocycles. The number of pyridine rings is 1. The van der Waals surface area contributed by atoms with E-state index in [2.05, 4.69) is 23.4 Å². The second kappa shape index (κ2) is 4.38. The van der Waals surface area contributed by atoms with E-state index in [0.29, 0.717) is 0 Å². The molecule has 0 aliphatic heterocycles. The zero-order chi connectivity index (χ0) is 12.5. The lowest BCUT2D eigenvalue weighted by molar-refractivity contribution is 0.419. The van der Waals surface area contributed by atoms with Crippen molar-refractivity contribution in [1.29, 1.82) is 0 Å². The molecule has 0 N–H and O–H groups in total. The summed E-state index contributed by atoms with van der Waals surface area (Å²) in [6.07, 6.45) is 1.80. The summed E-state index contributed by atoms with van der Waals surface area (Å²) >= 11 is 1.45. The van der Waals surface area contributed by atoms with E-state index in [0.717, 1.165) is 27.2 Å². The molecule has 2 heterocycles. The summed E-state index contributed by atoms with van der Waals surface area (Å²) in [6, 6.07) is 10.1. The fourth-order valence-electron chi connectivity index (χ4n) is 2.03. The maximum Gasteiger partial charge on any atom is 0.145 e. The van der Waals surface area contributed by atoms with Crippen molar-refractivity contribution in [3.8, 4) is 16.3 Å². The maximum absolute atomic E-state index is 5.38. The third-order valence-corrected chi connectivity index (χ3v) is 3.69. The molecular formula is C14H12N2OS. The van der Waals surface area contributed by atoms with Crippen LogP contribution < -0.4 is 4.74 Å². The van der Waals surface area contributed by atoms with Gasteiger partial charge in [0.1, 0.15) is 11.3 Å². The minimum absolute atomic E-state index is 0.807. The minimum Gasteiger partial charge on any atom is -0.494 e. The van der Waals surface area contributed by atoms with Gasteiger partial charge in [-0.05, 0) is 42.2 Å². The van der Waals surface area contributed by atoms with Crippen molar-refractivity contribution in [3.63, 3.8) is 0 Å². The van der Waals surface area contributed by atoms with Gasteiger partial charge in [-0.25, -0.2) is 9.36 Å². The molecule has 0 saturated carbocycles. The standard InChI is InChI=1S/C14H12N2OS/c1-9-8-11(13-6-7-15-18-13)16-14-10(9)4-3-5-12(14)17-2/h3-8H,1-2H3. The van der Waals surface area contributed by atoms with Gasteiger partial charge in [0.25, 0.3) is 0 Å². The fourth-order valence-corrected chi connectivity index (χ4v) is 2.59. The Morgan fingerprint density at radius 3 is 2.83 bits per heavy atom. The van der Waals surface area contributed by atoms with Gasteiger partial charge >= 0.3 is 0 Å². The molecule has 0 aliphatic carbocycles. The number of nitrogens with zero attached hydrogens (tertiary/aromatic N) is 2. The van der Waals surface area contributed by atoms with Crippen molar-refractivity contribution in [2.45, 2.75) is 6.92 Å². The lowest BCUT2D eigenvalue weighted by atomic mass is 10.1. The number of benzene rings is 1. The van der Waals surface area contributed by atoms with Crippen LogP contribution in [0, 0.1) is 6.92 Å². The normalized spacial score (nSPS) is 10.8. The Balaban J connectivity index is 2.32. The molecule has 0 unspecified atom stereocenters. The van der Waals surface area contributed by atoms with Gasteiger partial charge in [0, 0.05) is 11.6 Å². The molecule has 0 fully saturated rings. The Labute approximate surface area is 109 Å². The fraction of sp³-hybridized carbons (Fsp3) is 0.143. The lowest BCUT2D eigenvalue weighted by Gasteiger charge is -2.08. The van der Waals surface area contributed by atoms with Gasteiger partial charge in [-0.1, -0.05) is 12.1 Å². The van der Waals surface area contributed by atoms with E-state index in [1.54, 1.807) is 13.3 Å². The van der Waals surface area contributed by atoms with Crippen LogP contribution in [0.4, 0.5) is 0 Å². The quantitative estimate of drug-likeness (QED) is 0.701. The first-order valence-corrected chi connectivity index (χ1v) is 6.42. The van der Waals surface area contributed by atoms with Crippen LogP contribution in [-0.4, -0.2) is 16.5 Å². The predicted octanol–water partition coefficient (Wildman–Crippen LogP) is 3.68. The highest BCUT2D eigenvalue weighted by molar-refractivity contribution is 7.09. The third-order valence-electron chi connectivity index (χ3n) is 2.92. The zero-order valence-corrected chi connectivity index (χ0v) is 11.0. The van der Waals surface area contributed by atoms with Gasteiger partial charge in [-0.15, -0.1) is 0 Å². The van der Waals surface area contributed by atoms with Gasteiger partial charge in [0.2, 0.25) is 0 Å². The Hall–Kier alpha value is -1.94. The molecule has 0 atom stereocenters. The van der Waals surface area contributed by atoms with Crippen LogP contribution in [0.2, 0.25) is 0 Å². The van der Waals surface area contributed by atoms with Gasteiger partial charge in [0.05, 0.1) is 17.7 Å². The summed E-state index contributed by atoms with van der Waals surface area (Å²) in [7, 11) is 1.67. The Morgan fingerprint density at radius 2 is 2.11 bits per heavy atom. The van der Waals surface area contributed by atoms with Crippen molar-refractivity contribution in [2.75, 3.05) is 7.11 Å². The average molecular weight is 256 g/mol. The van der Waals surface area contributed by atoms with Crippen LogP contribution in [0.5, 0.6) is 5.75 Å². The maximum atomic E-state index is 5.38. The molecule has 2 aromatic heterocycles. The number of hydrogen-bond donors (Lipinski definition) is 0. The van der Waals surface area contributed by atoms with Gasteiger partial charge in [-0.2, -0.15) is 0 Å². The third kappa shape index (κ3) is 1.75. The van der Waals surface area contributed by atoms with Gasteiger partial charge in [0.15, 0.2) is 0 Å². The summed E-state index contributed by atoms with van der Waals surface area (Å²) in [5.74, 6) is 0.807. The topological polar surface area (TPSA) is 35.0 Å². The molecule has 0 bridgehead atoms. The highest BCUT2D eigenvalue weighted by Gasteiger charge is 2.09. The number of fused-ring (bicyclic) bond motifs is 1. The molecule has 0 amide bonds. The zero-order valence-electron chi connectivity index (χ0n) is 10.2. The SMILES string of the molecule is COc1cccc2c(C)cc(-c3ccns3)nc12. The Bertz CT molecular complexity index is 692. The lowest BCUT2D eigenvalue weighted by Crippen LogP contribution is -1.91. The van der Waals surface area contributed by atoms with Crippen molar-refractivity contribution >= 4 is 22.4 Å². The molecule has 3 aromatic rings. The molecule has 0 radical (unpaired) electrons. The molecular weight excluding hydrogens is 244 g/mol. The smallest absolute Gasteiger partial charge is 0.145 e. The number of aryl methyl sites for hydroxylation is 1. The van der Waals surface area contributed by atoms with E-state index in [1.165, 1.54) is 17.1 Å². The number of aromatic nitrogens is 2. The first kappa shape index (κ1) is 11.2. The molecule has 0 saturated heterocycles. The highest BCUT2D eigenvalue weighted by atomic mass is 32.1. The van der Waals surface area contributed by atoms with Crippen molar-refractivity contribution < 1.29 is 4.74 Å². The number of para-hydroxylation sites is 1. The van der Waals surface area contributed by atoms with E-state index < -0.39 is 0 Å². The molecule has 4 heteroatoms. The summed E-state index contributed by atoms with van der Waals surface area (Å²) < 4.78 is 9.50. The second-order valence-electron chi connectivity index (χ2n) is 4.06. The number of methoxy groups -OCH3 is 1. The molecule has 0 spiro atoms. The largest absolute Gasteiger partial charge is 0.494 e.